The fourth-order valence-electron chi connectivity index (χ4n) is 2.02. The maximum absolute atomic E-state index is 5.56. The quantitative estimate of drug-likeness (QED) is 0.558. The van der Waals surface area contributed by atoms with Crippen molar-refractivity contribution >= 4 is 28.1 Å². The number of hydrogen-bond acceptors (Lipinski definition) is 4. The Hall–Kier alpha value is -1.91. The Balaban J connectivity index is 2.09. The molecule has 0 bridgehead atoms. The summed E-state index contributed by atoms with van der Waals surface area (Å²) in [4.78, 5) is 5.85. The minimum Gasteiger partial charge on any atom is -0.308 e. The number of pyridine rings is 1. The van der Waals surface area contributed by atoms with E-state index in [-0.39, 0.29) is 0 Å². The maximum Gasteiger partial charge on any atom is 0.144 e. The number of para-hydroxylation sites is 1. The number of nitrogens with two attached hydrogens (primary N) is 1. The molecule has 90 valence electrons. The SMILES string of the molecule is NNc1nc2ccccc2cc1Cc1cccs1. The second-order valence-corrected chi connectivity index (χ2v) is 5.12. The van der Waals surface area contributed by atoms with Gasteiger partial charge in [-0.3, -0.25) is 0 Å². The number of nitrogens with zero attached hydrogens (tertiary/aromatic N) is 1. The zero-order valence-corrected chi connectivity index (χ0v) is 10.6. The summed E-state index contributed by atoms with van der Waals surface area (Å²) >= 11 is 1.75. The first-order valence-electron chi connectivity index (χ1n) is 5.74. The molecule has 3 N–H and O–H groups in total. The molecule has 0 amide bonds. The van der Waals surface area contributed by atoms with E-state index in [1.54, 1.807) is 11.3 Å². The molecule has 3 rings (SSSR count). The lowest BCUT2D eigenvalue weighted by Gasteiger charge is -2.09. The summed E-state index contributed by atoms with van der Waals surface area (Å²) in [6, 6.07) is 14.4. The van der Waals surface area contributed by atoms with E-state index in [0.717, 1.165) is 28.7 Å². The first kappa shape index (κ1) is 11.2. The molecule has 3 aromatic rings. The maximum atomic E-state index is 5.56. The van der Waals surface area contributed by atoms with Crippen molar-refractivity contribution in [1.29, 1.82) is 0 Å². The Kier molecular flexibility index (Phi) is 2.96. The van der Waals surface area contributed by atoms with Crippen molar-refractivity contribution in [2.45, 2.75) is 6.42 Å². The third-order valence-corrected chi connectivity index (χ3v) is 3.76. The fourth-order valence-corrected chi connectivity index (χ4v) is 2.75. The number of thiophene rings is 1. The van der Waals surface area contributed by atoms with Crippen LogP contribution in [0, 0.1) is 0 Å². The lowest BCUT2D eigenvalue weighted by molar-refractivity contribution is 1.16. The van der Waals surface area contributed by atoms with Gasteiger partial charge in [-0.15, -0.1) is 11.3 Å². The molecule has 2 aromatic heterocycles. The van der Waals surface area contributed by atoms with Gasteiger partial charge in [-0.1, -0.05) is 24.3 Å². The van der Waals surface area contributed by atoms with Crippen molar-refractivity contribution in [3.05, 3.63) is 58.3 Å². The molecule has 0 saturated heterocycles. The average molecular weight is 255 g/mol. The van der Waals surface area contributed by atoms with E-state index in [4.69, 9.17) is 5.84 Å². The zero-order valence-electron chi connectivity index (χ0n) is 9.76. The monoisotopic (exact) mass is 255 g/mol. The van der Waals surface area contributed by atoms with Crippen LogP contribution >= 0.6 is 11.3 Å². The van der Waals surface area contributed by atoms with Gasteiger partial charge in [-0.25, -0.2) is 10.8 Å². The molecule has 4 heteroatoms. The lowest BCUT2D eigenvalue weighted by Crippen LogP contribution is -2.11. The largest absolute Gasteiger partial charge is 0.308 e. The Bertz CT molecular complexity index is 662. The molecule has 0 spiro atoms. The second kappa shape index (κ2) is 4.76. The number of nitrogen functional groups attached to an aromatic ring is 1. The summed E-state index contributed by atoms with van der Waals surface area (Å²) in [6.45, 7) is 0. The van der Waals surface area contributed by atoms with Gasteiger partial charge >= 0.3 is 0 Å². The van der Waals surface area contributed by atoms with Crippen LogP contribution in [0.2, 0.25) is 0 Å². The molecule has 0 atom stereocenters. The van der Waals surface area contributed by atoms with Gasteiger partial charge in [0.1, 0.15) is 5.82 Å². The summed E-state index contributed by atoms with van der Waals surface area (Å²) in [5.74, 6) is 6.31. The number of anilines is 1. The van der Waals surface area contributed by atoms with Crippen LogP contribution in [0.3, 0.4) is 0 Å². The minimum absolute atomic E-state index is 0.752. The first-order chi connectivity index (χ1) is 8.86. The third kappa shape index (κ3) is 2.08. The van der Waals surface area contributed by atoms with Crippen LogP contribution in [0.15, 0.2) is 47.8 Å². The molecule has 18 heavy (non-hydrogen) atoms. The van der Waals surface area contributed by atoms with E-state index in [0.29, 0.717) is 0 Å². The van der Waals surface area contributed by atoms with Crippen molar-refractivity contribution in [2.24, 2.45) is 5.84 Å². The van der Waals surface area contributed by atoms with Crippen molar-refractivity contribution in [3.8, 4) is 0 Å². The standard InChI is InChI=1S/C14H13N3S/c15-17-14-11(9-12-5-3-7-18-12)8-10-4-1-2-6-13(10)16-14/h1-8H,9,15H2,(H,16,17). The number of benzene rings is 1. The number of nitrogens with one attached hydrogen (secondary N) is 1. The van der Waals surface area contributed by atoms with Crippen LogP contribution in [0.5, 0.6) is 0 Å². The number of fused-ring (bicyclic) bond motifs is 1. The molecule has 2 heterocycles. The zero-order chi connectivity index (χ0) is 12.4. The Morgan fingerprint density at radius 2 is 2.06 bits per heavy atom. The average Bonchev–Trinajstić information content (AvgIpc) is 2.91. The summed E-state index contributed by atoms with van der Waals surface area (Å²) < 4.78 is 0. The molecule has 0 aliphatic rings. The molecule has 1 aromatic carbocycles. The smallest absolute Gasteiger partial charge is 0.144 e. The van der Waals surface area contributed by atoms with Crippen LogP contribution < -0.4 is 11.3 Å². The molecule has 0 fully saturated rings. The molecule has 0 aliphatic carbocycles. The fraction of sp³-hybridized carbons (Fsp3) is 0.0714. The molecule has 0 unspecified atom stereocenters. The van der Waals surface area contributed by atoms with E-state index in [2.05, 4.69) is 40.1 Å². The van der Waals surface area contributed by atoms with Gasteiger partial charge in [0.2, 0.25) is 0 Å². The van der Waals surface area contributed by atoms with E-state index in [9.17, 15) is 0 Å². The molecule has 0 radical (unpaired) electrons. The highest BCUT2D eigenvalue weighted by atomic mass is 32.1. The van der Waals surface area contributed by atoms with Crippen LogP contribution in [0.4, 0.5) is 5.82 Å². The van der Waals surface area contributed by atoms with Crippen LogP contribution in [-0.4, -0.2) is 4.98 Å². The molecule has 0 saturated carbocycles. The van der Waals surface area contributed by atoms with Crippen LogP contribution in [0.25, 0.3) is 10.9 Å². The molecule has 0 aliphatic heterocycles. The van der Waals surface area contributed by atoms with Crippen molar-refractivity contribution in [3.63, 3.8) is 0 Å². The molecular weight excluding hydrogens is 242 g/mol. The molecule has 3 nitrogen and oxygen atoms in total. The number of hydrogen-bond donors (Lipinski definition) is 2. The predicted octanol–water partition coefficient (Wildman–Crippen LogP) is 3.17. The van der Waals surface area contributed by atoms with E-state index in [1.807, 2.05) is 18.2 Å². The number of hydrazine groups is 1. The van der Waals surface area contributed by atoms with Crippen molar-refractivity contribution < 1.29 is 0 Å². The number of aromatic nitrogens is 1. The normalized spacial score (nSPS) is 10.7. The minimum atomic E-state index is 0.752. The van der Waals surface area contributed by atoms with Crippen LogP contribution in [0.1, 0.15) is 10.4 Å². The topological polar surface area (TPSA) is 50.9 Å². The van der Waals surface area contributed by atoms with Gasteiger partial charge in [0, 0.05) is 22.2 Å². The second-order valence-electron chi connectivity index (χ2n) is 4.09. The lowest BCUT2D eigenvalue weighted by atomic mass is 10.1. The van der Waals surface area contributed by atoms with Crippen molar-refractivity contribution in [1.82, 2.24) is 4.98 Å². The molecular formula is C14H13N3S. The summed E-state index contributed by atoms with van der Waals surface area (Å²) in [5.41, 5.74) is 4.78. The van der Waals surface area contributed by atoms with E-state index in [1.165, 1.54) is 4.88 Å². The van der Waals surface area contributed by atoms with Crippen LogP contribution in [-0.2, 0) is 6.42 Å². The van der Waals surface area contributed by atoms with Gasteiger partial charge in [-0.05, 0) is 23.6 Å². The van der Waals surface area contributed by atoms with Gasteiger partial charge in [-0.2, -0.15) is 0 Å². The Labute approximate surface area is 109 Å². The summed E-state index contributed by atoms with van der Waals surface area (Å²) in [6.07, 6.45) is 0.856. The Morgan fingerprint density at radius 1 is 1.17 bits per heavy atom. The summed E-state index contributed by atoms with van der Waals surface area (Å²) in [7, 11) is 0. The van der Waals surface area contributed by atoms with Gasteiger partial charge in [0.15, 0.2) is 0 Å². The van der Waals surface area contributed by atoms with E-state index < -0.39 is 0 Å². The van der Waals surface area contributed by atoms with E-state index >= 15 is 0 Å². The predicted molar refractivity (Wildman–Crippen MR) is 76.7 cm³/mol. The van der Waals surface area contributed by atoms with Gasteiger partial charge in [0.05, 0.1) is 5.52 Å². The highest BCUT2D eigenvalue weighted by Gasteiger charge is 2.07. The van der Waals surface area contributed by atoms with Gasteiger partial charge < -0.3 is 5.43 Å². The first-order valence-corrected chi connectivity index (χ1v) is 6.62. The van der Waals surface area contributed by atoms with Gasteiger partial charge in [0.25, 0.3) is 0 Å². The Morgan fingerprint density at radius 3 is 2.83 bits per heavy atom. The van der Waals surface area contributed by atoms with Crippen molar-refractivity contribution in [2.75, 3.05) is 5.43 Å². The highest BCUT2D eigenvalue weighted by molar-refractivity contribution is 7.09. The summed E-state index contributed by atoms with van der Waals surface area (Å²) in [5, 5.41) is 3.22. The highest BCUT2D eigenvalue weighted by Crippen LogP contribution is 2.23. The third-order valence-electron chi connectivity index (χ3n) is 2.88. The number of rotatable bonds is 3.